The van der Waals surface area contributed by atoms with Crippen molar-refractivity contribution in [2.45, 2.75) is 39.3 Å². The molecule has 0 radical (unpaired) electrons. The third-order valence-electron chi connectivity index (χ3n) is 5.37. The normalized spacial score (nSPS) is 26.3. The van der Waals surface area contributed by atoms with Gasteiger partial charge in [0, 0.05) is 51.1 Å². The lowest BCUT2D eigenvalue weighted by atomic mass is 10.1. The Hall–Kier alpha value is -1.88. The van der Waals surface area contributed by atoms with Crippen LogP contribution in [0.1, 0.15) is 32.3 Å². The maximum Gasteiger partial charge on any atom is 0.224 e. The number of piperazine rings is 1. The van der Waals surface area contributed by atoms with Gasteiger partial charge < -0.3 is 10.2 Å². The van der Waals surface area contributed by atoms with Gasteiger partial charge in [-0.3, -0.25) is 14.5 Å². The first kappa shape index (κ1) is 17.9. The first-order valence-electron chi connectivity index (χ1n) is 9.38. The van der Waals surface area contributed by atoms with Gasteiger partial charge in [0.25, 0.3) is 0 Å². The minimum absolute atomic E-state index is 0.112. The molecule has 0 bridgehead atoms. The zero-order chi connectivity index (χ0) is 17.8. The number of benzene rings is 1. The van der Waals surface area contributed by atoms with Crippen molar-refractivity contribution in [2.75, 3.05) is 26.2 Å². The van der Waals surface area contributed by atoms with Crippen LogP contribution >= 0.6 is 0 Å². The molecular formula is C20H29N3O2. The van der Waals surface area contributed by atoms with Gasteiger partial charge >= 0.3 is 0 Å². The predicted molar refractivity (Wildman–Crippen MR) is 97.8 cm³/mol. The number of carbonyl (C=O) groups is 2. The summed E-state index contributed by atoms with van der Waals surface area (Å²) in [7, 11) is 0. The Labute approximate surface area is 150 Å². The second-order valence-electron chi connectivity index (χ2n) is 7.52. The number of hydrogen-bond acceptors (Lipinski definition) is 3. The van der Waals surface area contributed by atoms with Gasteiger partial charge in [0.15, 0.2) is 0 Å². The number of nitrogens with zero attached hydrogens (tertiary/aromatic N) is 2. The van der Waals surface area contributed by atoms with E-state index in [1.807, 2.05) is 11.0 Å². The first-order chi connectivity index (χ1) is 12.0. The highest BCUT2D eigenvalue weighted by Gasteiger charge is 2.38. The average molecular weight is 343 g/mol. The van der Waals surface area contributed by atoms with Crippen LogP contribution in [-0.4, -0.2) is 53.8 Å². The molecule has 1 aliphatic carbocycles. The lowest BCUT2D eigenvalue weighted by Gasteiger charge is -2.40. The van der Waals surface area contributed by atoms with E-state index in [4.69, 9.17) is 0 Å². The van der Waals surface area contributed by atoms with E-state index >= 15 is 0 Å². The van der Waals surface area contributed by atoms with Gasteiger partial charge in [0.1, 0.15) is 0 Å². The maximum absolute atomic E-state index is 12.5. The molecule has 25 heavy (non-hydrogen) atoms. The second kappa shape index (κ2) is 8.00. The Morgan fingerprint density at radius 1 is 1.16 bits per heavy atom. The monoisotopic (exact) mass is 343 g/mol. The molecule has 1 aliphatic heterocycles. The lowest BCUT2D eigenvalue weighted by Crippen LogP contribution is -2.54. The SMILES string of the molecule is C[C@@H]1CN(Cc2ccccc2)CCN1C(=O)CCNC(=O)[C@@H]1C[C@@H]1C. The number of amides is 2. The highest BCUT2D eigenvalue weighted by atomic mass is 16.2. The summed E-state index contributed by atoms with van der Waals surface area (Å²) < 4.78 is 0. The van der Waals surface area contributed by atoms with Crippen molar-refractivity contribution in [3.05, 3.63) is 35.9 Å². The Bertz CT molecular complexity index is 604. The molecular weight excluding hydrogens is 314 g/mol. The molecule has 0 aromatic heterocycles. The highest BCUT2D eigenvalue weighted by molar-refractivity contribution is 5.82. The van der Waals surface area contributed by atoms with Crippen LogP contribution < -0.4 is 5.32 Å². The Balaban J connectivity index is 1.40. The molecule has 0 spiro atoms. The smallest absolute Gasteiger partial charge is 0.224 e. The van der Waals surface area contributed by atoms with Gasteiger partial charge in [0.05, 0.1) is 0 Å². The van der Waals surface area contributed by atoms with E-state index in [0.29, 0.717) is 18.9 Å². The van der Waals surface area contributed by atoms with Crippen molar-refractivity contribution in [3.63, 3.8) is 0 Å². The van der Waals surface area contributed by atoms with Crippen molar-refractivity contribution < 1.29 is 9.59 Å². The summed E-state index contributed by atoms with van der Waals surface area (Å²) in [5.74, 6) is 0.945. The van der Waals surface area contributed by atoms with Crippen molar-refractivity contribution >= 4 is 11.8 Å². The fourth-order valence-corrected chi connectivity index (χ4v) is 3.64. The second-order valence-corrected chi connectivity index (χ2v) is 7.52. The predicted octanol–water partition coefficient (Wildman–Crippen LogP) is 1.88. The van der Waals surface area contributed by atoms with E-state index in [0.717, 1.165) is 32.6 Å². The molecule has 1 N–H and O–H groups in total. The molecule has 3 atom stereocenters. The Morgan fingerprint density at radius 3 is 2.52 bits per heavy atom. The molecule has 1 aromatic rings. The summed E-state index contributed by atoms with van der Waals surface area (Å²) in [6.07, 6.45) is 1.38. The Morgan fingerprint density at radius 2 is 1.88 bits per heavy atom. The van der Waals surface area contributed by atoms with Crippen LogP contribution in [0.5, 0.6) is 0 Å². The van der Waals surface area contributed by atoms with Crippen LogP contribution in [0.15, 0.2) is 30.3 Å². The summed E-state index contributed by atoms with van der Waals surface area (Å²) in [5.41, 5.74) is 1.31. The van der Waals surface area contributed by atoms with Gasteiger partial charge in [-0.2, -0.15) is 0 Å². The van der Waals surface area contributed by atoms with Crippen molar-refractivity contribution in [2.24, 2.45) is 11.8 Å². The van der Waals surface area contributed by atoms with Gasteiger partial charge in [-0.1, -0.05) is 37.3 Å². The molecule has 2 aliphatic rings. The highest BCUT2D eigenvalue weighted by Crippen LogP contribution is 2.37. The van der Waals surface area contributed by atoms with Crippen LogP contribution in [0, 0.1) is 11.8 Å². The summed E-state index contributed by atoms with van der Waals surface area (Å²) in [5, 5.41) is 2.90. The molecule has 2 amide bonds. The number of nitrogens with one attached hydrogen (secondary N) is 1. The van der Waals surface area contributed by atoms with Crippen LogP contribution in [0.3, 0.4) is 0 Å². The zero-order valence-corrected chi connectivity index (χ0v) is 15.3. The topological polar surface area (TPSA) is 52.6 Å². The quantitative estimate of drug-likeness (QED) is 0.858. The molecule has 2 fully saturated rings. The minimum atomic E-state index is 0.112. The molecule has 0 unspecified atom stereocenters. The molecule has 5 nitrogen and oxygen atoms in total. The molecule has 3 rings (SSSR count). The molecule has 1 heterocycles. The summed E-state index contributed by atoms with van der Waals surface area (Å²) in [6.45, 7) is 8.15. The number of hydrogen-bond donors (Lipinski definition) is 1. The average Bonchev–Trinajstić information content (AvgIpc) is 3.32. The van der Waals surface area contributed by atoms with Crippen LogP contribution in [-0.2, 0) is 16.1 Å². The van der Waals surface area contributed by atoms with Crippen molar-refractivity contribution in [1.82, 2.24) is 15.1 Å². The van der Waals surface area contributed by atoms with E-state index in [9.17, 15) is 9.59 Å². The van der Waals surface area contributed by atoms with Crippen LogP contribution in [0.4, 0.5) is 0 Å². The third-order valence-corrected chi connectivity index (χ3v) is 5.37. The van der Waals surface area contributed by atoms with E-state index < -0.39 is 0 Å². The maximum atomic E-state index is 12.5. The van der Waals surface area contributed by atoms with Gasteiger partial charge in [-0.05, 0) is 24.8 Å². The standard InChI is InChI=1S/C20H29N3O2/c1-15-12-18(15)20(25)21-9-8-19(24)23-11-10-22(13-16(23)2)14-17-6-4-3-5-7-17/h3-7,15-16,18H,8-14H2,1-2H3,(H,21,25)/t15-,16+,18+/m0/s1. The minimum Gasteiger partial charge on any atom is -0.355 e. The van der Waals surface area contributed by atoms with Crippen LogP contribution in [0.2, 0.25) is 0 Å². The third kappa shape index (κ3) is 4.82. The zero-order valence-electron chi connectivity index (χ0n) is 15.3. The van der Waals surface area contributed by atoms with E-state index in [2.05, 4.69) is 48.3 Å². The fourth-order valence-electron chi connectivity index (χ4n) is 3.64. The molecule has 5 heteroatoms. The summed E-state index contributed by atoms with van der Waals surface area (Å²) in [4.78, 5) is 28.6. The first-order valence-corrected chi connectivity index (χ1v) is 9.38. The summed E-state index contributed by atoms with van der Waals surface area (Å²) in [6, 6.07) is 10.7. The van der Waals surface area contributed by atoms with Gasteiger partial charge in [0.2, 0.25) is 11.8 Å². The molecule has 136 valence electrons. The largest absolute Gasteiger partial charge is 0.355 e. The molecule has 1 aromatic carbocycles. The summed E-state index contributed by atoms with van der Waals surface area (Å²) >= 11 is 0. The van der Waals surface area contributed by atoms with E-state index in [1.54, 1.807) is 0 Å². The van der Waals surface area contributed by atoms with E-state index in [-0.39, 0.29) is 23.8 Å². The molecule has 1 saturated carbocycles. The fraction of sp³-hybridized carbons (Fsp3) is 0.600. The lowest BCUT2D eigenvalue weighted by molar-refractivity contribution is -0.135. The van der Waals surface area contributed by atoms with Gasteiger partial charge in [-0.15, -0.1) is 0 Å². The Kier molecular flexibility index (Phi) is 5.74. The number of carbonyl (C=O) groups excluding carboxylic acids is 2. The van der Waals surface area contributed by atoms with Gasteiger partial charge in [-0.25, -0.2) is 0 Å². The number of rotatable bonds is 6. The molecule has 1 saturated heterocycles. The van der Waals surface area contributed by atoms with E-state index in [1.165, 1.54) is 5.56 Å². The van der Waals surface area contributed by atoms with Crippen molar-refractivity contribution in [3.8, 4) is 0 Å². The van der Waals surface area contributed by atoms with Crippen molar-refractivity contribution in [1.29, 1.82) is 0 Å². The van der Waals surface area contributed by atoms with Crippen LogP contribution in [0.25, 0.3) is 0 Å².